The first-order valence-electron chi connectivity index (χ1n) is 6.42. The summed E-state index contributed by atoms with van der Waals surface area (Å²) in [4.78, 5) is 13.7. The third-order valence-electron chi connectivity index (χ3n) is 3.09. The fourth-order valence-electron chi connectivity index (χ4n) is 2.12. The van der Waals surface area contributed by atoms with Crippen LogP contribution in [0.1, 0.15) is 32.6 Å². The van der Waals surface area contributed by atoms with Crippen molar-refractivity contribution in [1.82, 2.24) is 15.5 Å². The number of nitrogens with one attached hydrogen (secondary N) is 2. The van der Waals surface area contributed by atoms with Gasteiger partial charge in [0.15, 0.2) is 0 Å². The summed E-state index contributed by atoms with van der Waals surface area (Å²) in [5.74, 6) is 0.621. The van der Waals surface area contributed by atoms with Crippen LogP contribution in [0.3, 0.4) is 0 Å². The molecule has 0 bridgehead atoms. The van der Waals surface area contributed by atoms with Gasteiger partial charge in [-0.15, -0.1) is 0 Å². The van der Waals surface area contributed by atoms with Crippen LogP contribution in [0, 0.1) is 5.92 Å². The monoisotopic (exact) mass is 227 g/mol. The summed E-state index contributed by atoms with van der Waals surface area (Å²) in [6.07, 6.45) is 4.66. The third-order valence-corrected chi connectivity index (χ3v) is 3.09. The van der Waals surface area contributed by atoms with Crippen molar-refractivity contribution in [3.8, 4) is 0 Å². The number of amides is 2. The maximum atomic E-state index is 11.4. The molecular formula is C12H25N3O. The van der Waals surface area contributed by atoms with Gasteiger partial charge in [-0.05, 0) is 38.8 Å². The van der Waals surface area contributed by atoms with Crippen LogP contribution in [-0.2, 0) is 0 Å². The molecule has 16 heavy (non-hydrogen) atoms. The molecule has 1 saturated heterocycles. The third kappa shape index (κ3) is 5.35. The summed E-state index contributed by atoms with van der Waals surface area (Å²) in [6.45, 7) is 6.01. The number of carbonyl (C=O) groups is 1. The minimum absolute atomic E-state index is 0.0123. The molecule has 0 spiro atoms. The lowest BCUT2D eigenvalue weighted by atomic mass is 9.99. The van der Waals surface area contributed by atoms with Crippen LogP contribution in [0.2, 0.25) is 0 Å². The Morgan fingerprint density at radius 2 is 2.25 bits per heavy atom. The molecule has 94 valence electrons. The lowest BCUT2D eigenvalue weighted by Gasteiger charge is -2.29. The van der Waals surface area contributed by atoms with Gasteiger partial charge in [-0.1, -0.05) is 13.3 Å². The lowest BCUT2D eigenvalue weighted by Crippen LogP contribution is -2.42. The Hall–Kier alpha value is -0.770. The van der Waals surface area contributed by atoms with Crippen LogP contribution in [0.4, 0.5) is 4.79 Å². The number of unbranched alkanes of at least 4 members (excludes halogenated alkanes) is 1. The Balaban J connectivity index is 2.06. The van der Waals surface area contributed by atoms with E-state index in [4.69, 9.17) is 0 Å². The van der Waals surface area contributed by atoms with E-state index in [9.17, 15) is 4.79 Å². The number of urea groups is 1. The van der Waals surface area contributed by atoms with E-state index >= 15 is 0 Å². The molecule has 0 radical (unpaired) electrons. The second-order valence-electron chi connectivity index (χ2n) is 4.76. The molecule has 0 aromatic rings. The summed E-state index contributed by atoms with van der Waals surface area (Å²) >= 11 is 0. The van der Waals surface area contributed by atoms with Gasteiger partial charge in [0.05, 0.1) is 0 Å². The number of rotatable bonds is 5. The van der Waals surface area contributed by atoms with Gasteiger partial charge in [-0.25, -0.2) is 4.79 Å². The second kappa shape index (κ2) is 7.49. The van der Waals surface area contributed by atoms with Crippen LogP contribution in [0.15, 0.2) is 0 Å². The van der Waals surface area contributed by atoms with Crippen LogP contribution in [0.5, 0.6) is 0 Å². The van der Waals surface area contributed by atoms with Crippen molar-refractivity contribution in [3.05, 3.63) is 0 Å². The molecule has 0 saturated carbocycles. The quantitative estimate of drug-likeness (QED) is 0.698. The molecule has 0 aromatic carbocycles. The largest absolute Gasteiger partial charge is 0.338 e. The van der Waals surface area contributed by atoms with Gasteiger partial charge in [0.1, 0.15) is 0 Å². The summed E-state index contributed by atoms with van der Waals surface area (Å²) in [5, 5.41) is 5.83. The van der Waals surface area contributed by atoms with Crippen molar-refractivity contribution < 1.29 is 4.79 Å². The molecule has 1 atom stereocenters. The highest BCUT2D eigenvalue weighted by molar-refractivity contribution is 5.73. The summed E-state index contributed by atoms with van der Waals surface area (Å²) < 4.78 is 0. The number of likely N-dealkylation sites (tertiary alicyclic amines) is 1. The van der Waals surface area contributed by atoms with Gasteiger partial charge in [0.2, 0.25) is 0 Å². The van der Waals surface area contributed by atoms with E-state index in [0.29, 0.717) is 5.92 Å². The molecule has 2 N–H and O–H groups in total. The van der Waals surface area contributed by atoms with E-state index in [1.165, 1.54) is 19.4 Å². The molecular weight excluding hydrogens is 202 g/mol. The zero-order valence-corrected chi connectivity index (χ0v) is 10.6. The predicted molar refractivity (Wildman–Crippen MR) is 66.5 cm³/mol. The summed E-state index contributed by atoms with van der Waals surface area (Å²) in [5.41, 5.74) is 0. The predicted octanol–water partition coefficient (Wildman–Crippen LogP) is 1.43. The molecule has 4 heteroatoms. The Morgan fingerprint density at radius 1 is 1.44 bits per heavy atom. The molecule has 0 aliphatic carbocycles. The lowest BCUT2D eigenvalue weighted by molar-refractivity contribution is 0.202. The highest BCUT2D eigenvalue weighted by atomic mass is 16.2. The van der Waals surface area contributed by atoms with Gasteiger partial charge < -0.3 is 15.5 Å². The van der Waals surface area contributed by atoms with E-state index < -0.39 is 0 Å². The Morgan fingerprint density at radius 3 is 2.94 bits per heavy atom. The van der Waals surface area contributed by atoms with Gasteiger partial charge >= 0.3 is 6.03 Å². The Kier molecular flexibility index (Phi) is 6.23. The van der Waals surface area contributed by atoms with Crippen LogP contribution >= 0.6 is 0 Å². The maximum absolute atomic E-state index is 11.4. The molecule has 1 heterocycles. The van der Waals surface area contributed by atoms with E-state index in [1.807, 2.05) is 0 Å². The number of carbonyl (C=O) groups excluding carboxylic acids is 1. The Labute approximate surface area is 98.8 Å². The van der Waals surface area contributed by atoms with Gasteiger partial charge in [-0.3, -0.25) is 0 Å². The topological polar surface area (TPSA) is 44.4 Å². The van der Waals surface area contributed by atoms with Crippen molar-refractivity contribution in [2.75, 3.05) is 33.2 Å². The van der Waals surface area contributed by atoms with E-state index in [1.54, 1.807) is 0 Å². The number of piperidine rings is 1. The average molecular weight is 227 g/mol. The highest BCUT2D eigenvalue weighted by Crippen LogP contribution is 2.13. The number of hydrogen-bond acceptors (Lipinski definition) is 2. The molecule has 2 amide bonds. The number of hydrogen-bond donors (Lipinski definition) is 2. The van der Waals surface area contributed by atoms with Crippen molar-refractivity contribution >= 4 is 6.03 Å². The fraction of sp³-hybridized carbons (Fsp3) is 0.917. The summed E-state index contributed by atoms with van der Waals surface area (Å²) in [6, 6.07) is -0.0123. The van der Waals surface area contributed by atoms with Crippen molar-refractivity contribution in [1.29, 1.82) is 0 Å². The van der Waals surface area contributed by atoms with E-state index in [2.05, 4.69) is 29.5 Å². The molecule has 1 aliphatic rings. The molecule has 1 unspecified atom stereocenters. The maximum Gasteiger partial charge on any atom is 0.314 e. The minimum Gasteiger partial charge on any atom is -0.338 e. The van der Waals surface area contributed by atoms with Crippen molar-refractivity contribution in [2.45, 2.75) is 32.6 Å². The van der Waals surface area contributed by atoms with E-state index in [0.717, 1.165) is 32.5 Å². The number of nitrogens with zero attached hydrogens (tertiary/aromatic N) is 1. The van der Waals surface area contributed by atoms with Crippen LogP contribution in [-0.4, -0.2) is 44.2 Å². The smallest absolute Gasteiger partial charge is 0.314 e. The minimum atomic E-state index is -0.0123. The van der Waals surface area contributed by atoms with Crippen molar-refractivity contribution in [2.24, 2.45) is 5.92 Å². The zero-order chi connectivity index (χ0) is 11.8. The SMILES string of the molecule is CCCCNC(=O)NCC1CCCN(C)C1. The molecule has 1 fully saturated rings. The molecule has 1 aliphatic heterocycles. The standard InChI is InChI=1S/C12H25N3O/c1-3-4-7-13-12(16)14-9-11-6-5-8-15(2)10-11/h11H,3-10H2,1-2H3,(H2,13,14,16). The van der Waals surface area contributed by atoms with E-state index in [-0.39, 0.29) is 6.03 Å². The van der Waals surface area contributed by atoms with Gasteiger partial charge in [-0.2, -0.15) is 0 Å². The zero-order valence-electron chi connectivity index (χ0n) is 10.6. The van der Waals surface area contributed by atoms with Crippen LogP contribution in [0.25, 0.3) is 0 Å². The highest BCUT2D eigenvalue weighted by Gasteiger charge is 2.17. The molecule has 1 rings (SSSR count). The second-order valence-corrected chi connectivity index (χ2v) is 4.76. The summed E-state index contributed by atoms with van der Waals surface area (Å²) in [7, 11) is 2.15. The molecule has 4 nitrogen and oxygen atoms in total. The molecule has 0 aromatic heterocycles. The van der Waals surface area contributed by atoms with Crippen LogP contribution < -0.4 is 10.6 Å². The fourth-order valence-corrected chi connectivity index (χ4v) is 2.12. The first kappa shape index (κ1) is 13.3. The first-order chi connectivity index (χ1) is 7.72. The van der Waals surface area contributed by atoms with Gasteiger partial charge in [0, 0.05) is 19.6 Å². The van der Waals surface area contributed by atoms with Crippen molar-refractivity contribution in [3.63, 3.8) is 0 Å². The average Bonchev–Trinajstić information content (AvgIpc) is 2.27. The normalized spacial score (nSPS) is 21.8. The Bertz CT molecular complexity index is 208. The van der Waals surface area contributed by atoms with Gasteiger partial charge in [0.25, 0.3) is 0 Å². The first-order valence-corrected chi connectivity index (χ1v) is 6.42.